The van der Waals surface area contributed by atoms with Crippen LogP contribution in [0.5, 0.6) is 0 Å². The monoisotopic (exact) mass is 264 g/mol. The van der Waals surface area contributed by atoms with E-state index in [2.05, 4.69) is 35.3 Å². The van der Waals surface area contributed by atoms with Crippen LogP contribution in [0, 0.1) is 17.2 Å². The van der Waals surface area contributed by atoms with Gasteiger partial charge in [-0.15, -0.1) is 0 Å². The molecule has 4 nitrogen and oxygen atoms in total. The lowest BCUT2D eigenvalue weighted by atomic mass is 9.96. The van der Waals surface area contributed by atoms with E-state index in [1.807, 2.05) is 0 Å². The molecule has 1 aliphatic carbocycles. The van der Waals surface area contributed by atoms with Gasteiger partial charge in [0.2, 0.25) is 0 Å². The van der Waals surface area contributed by atoms with Gasteiger partial charge in [0.25, 0.3) is 0 Å². The zero-order valence-electron chi connectivity index (χ0n) is 12.4. The summed E-state index contributed by atoms with van der Waals surface area (Å²) < 4.78 is 0. The molecule has 1 saturated carbocycles. The molecule has 108 valence electrons. The van der Waals surface area contributed by atoms with E-state index >= 15 is 0 Å². The van der Waals surface area contributed by atoms with Crippen LogP contribution in [0.4, 0.5) is 0 Å². The Balaban J connectivity index is 1.60. The fourth-order valence-electron chi connectivity index (χ4n) is 2.94. The topological polar surface area (TPSA) is 42.3 Å². The third-order valence-electron chi connectivity index (χ3n) is 4.23. The summed E-state index contributed by atoms with van der Waals surface area (Å²) in [6.45, 7) is 4.71. The van der Waals surface area contributed by atoms with Gasteiger partial charge in [-0.05, 0) is 65.2 Å². The molecule has 1 aliphatic heterocycles. The molecule has 0 radical (unpaired) electrons. The average Bonchev–Trinajstić information content (AvgIpc) is 3.19. The summed E-state index contributed by atoms with van der Waals surface area (Å²) in [5, 5.41) is 12.6. The maximum absolute atomic E-state index is 9.14. The van der Waals surface area contributed by atoms with Crippen molar-refractivity contribution in [2.45, 2.75) is 44.2 Å². The zero-order chi connectivity index (χ0) is 13.7. The van der Waals surface area contributed by atoms with Crippen LogP contribution in [-0.2, 0) is 0 Å². The largest absolute Gasteiger partial charge is 0.309 e. The molecule has 0 spiro atoms. The normalized spacial score (nSPS) is 23.5. The quantitative estimate of drug-likeness (QED) is 0.752. The SMILES string of the molecule is CN(C)CC1CCN(CCC(C#N)NC2CC2)CC1. The van der Waals surface area contributed by atoms with Crippen molar-refractivity contribution in [3.63, 3.8) is 0 Å². The van der Waals surface area contributed by atoms with Crippen LogP contribution in [0.2, 0.25) is 0 Å². The van der Waals surface area contributed by atoms with E-state index in [4.69, 9.17) is 5.26 Å². The fourth-order valence-corrected chi connectivity index (χ4v) is 2.94. The highest BCUT2D eigenvalue weighted by molar-refractivity contribution is 4.96. The first kappa shape index (κ1) is 14.8. The number of nitrogens with zero attached hydrogens (tertiary/aromatic N) is 3. The number of nitrogens with one attached hydrogen (secondary N) is 1. The highest BCUT2D eigenvalue weighted by Crippen LogP contribution is 2.21. The molecule has 1 saturated heterocycles. The molecular weight excluding hydrogens is 236 g/mol. The molecule has 1 unspecified atom stereocenters. The molecule has 0 aromatic rings. The van der Waals surface area contributed by atoms with Gasteiger partial charge in [0.1, 0.15) is 0 Å². The molecule has 2 fully saturated rings. The number of piperidine rings is 1. The van der Waals surface area contributed by atoms with Gasteiger partial charge in [0.05, 0.1) is 12.1 Å². The third-order valence-corrected chi connectivity index (χ3v) is 4.23. The maximum atomic E-state index is 9.14. The second-order valence-electron chi connectivity index (χ2n) is 6.46. The van der Waals surface area contributed by atoms with Crippen LogP contribution >= 0.6 is 0 Å². The second-order valence-corrected chi connectivity index (χ2v) is 6.46. The van der Waals surface area contributed by atoms with Crippen molar-refractivity contribution in [1.82, 2.24) is 15.1 Å². The Kier molecular flexibility index (Phi) is 5.62. The lowest BCUT2D eigenvalue weighted by Gasteiger charge is -2.33. The molecule has 0 amide bonds. The van der Waals surface area contributed by atoms with Crippen LogP contribution in [0.15, 0.2) is 0 Å². The molecule has 2 aliphatic rings. The van der Waals surface area contributed by atoms with Crippen molar-refractivity contribution in [3.05, 3.63) is 0 Å². The van der Waals surface area contributed by atoms with Gasteiger partial charge in [-0.25, -0.2) is 0 Å². The summed E-state index contributed by atoms with van der Waals surface area (Å²) in [5.74, 6) is 0.864. The Morgan fingerprint density at radius 3 is 2.47 bits per heavy atom. The first-order chi connectivity index (χ1) is 9.17. The lowest BCUT2D eigenvalue weighted by Crippen LogP contribution is -2.40. The van der Waals surface area contributed by atoms with Crippen molar-refractivity contribution in [3.8, 4) is 6.07 Å². The standard InChI is InChI=1S/C15H28N4/c1-18(2)12-13-5-8-19(9-6-13)10-7-15(11-16)17-14-3-4-14/h13-15,17H,3-10,12H2,1-2H3. The van der Waals surface area contributed by atoms with Crippen molar-refractivity contribution in [1.29, 1.82) is 5.26 Å². The number of likely N-dealkylation sites (tertiary alicyclic amines) is 1. The molecule has 0 bridgehead atoms. The molecular formula is C15H28N4. The minimum atomic E-state index is 0.0620. The number of rotatable bonds is 7. The molecule has 0 aromatic heterocycles. The molecule has 1 atom stereocenters. The predicted octanol–water partition coefficient (Wildman–Crippen LogP) is 1.29. The lowest BCUT2D eigenvalue weighted by molar-refractivity contribution is 0.159. The summed E-state index contributed by atoms with van der Waals surface area (Å²) in [6.07, 6.45) is 6.12. The fraction of sp³-hybridized carbons (Fsp3) is 0.933. The van der Waals surface area contributed by atoms with Crippen LogP contribution in [0.1, 0.15) is 32.1 Å². The number of hydrogen-bond donors (Lipinski definition) is 1. The Morgan fingerprint density at radius 1 is 1.26 bits per heavy atom. The van der Waals surface area contributed by atoms with E-state index in [1.165, 1.54) is 45.3 Å². The van der Waals surface area contributed by atoms with Gasteiger partial charge >= 0.3 is 0 Å². The van der Waals surface area contributed by atoms with Crippen LogP contribution in [0.25, 0.3) is 0 Å². The Hall–Kier alpha value is -0.630. The van der Waals surface area contributed by atoms with Gasteiger partial charge in [0.15, 0.2) is 0 Å². The average molecular weight is 264 g/mol. The highest BCUT2D eigenvalue weighted by Gasteiger charge is 2.25. The molecule has 2 rings (SSSR count). The maximum Gasteiger partial charge on any atom is 0.0967 e. The van der Waals surface area contributed by atoms with Gasteiger partial charge in [-0.2, -0.15) is 5.26 Å². The minimum absolute atomic E-state index is 0.0620. The van der Waals surface area contributed by atoms with Crippen LogP contribution < -0.4 is 5.32 Å². The summed E-state index contributed by atoms with van der Waals surface area (Å²) in [5.41, 5.74) is 0. The van der Waals surface area contributed by atoms with E-state index < -0.39 is 0 Å². The van der Waals surface area contributed by atoms with Crippen LogP contribution in [0.3, 0.4) is 0 Å². The van der Waals surface area contributed by atoms with Crippen molar-refractivity contribution >= 4 is 0 Å². The first-order valence-electron chi connectivity index (χ1n) is 7.70. The van der Waals surface area contributed by atoms with Crippen molar-refractivity contribution in [2.24, 2.45) is 5.92 Å². The smallest absolute Gasteiger partial charge is 0.0967 e. The number of nitriles is 1. The van der Waals surface area contributed by atoms with E-state index in [0.29, 0.717) is 6.04 Å². The van der Waals surface area contributed by atoms with Crippen LogP contribution in [-0.4, -0.2) is 62.2 Å². The Labute approximate surface area is 117 Å². The molecule has 1 N–H and O–H groups in total. The second kappa shape index (κ2) is 7.23. The van der Waals surface area contributed by atoms with Gasteiger partial charge < -0.3 is 9.80 Å². The third kappa shape index (κ3) is 5.48. The minimum Gasteiger partial charge on any atom is -0.309 e. The molecule has 19 heavy (non-hydrogen) atoms. The summed E-state index contributed by atoms with van der Waals surface area (Å²) >= 11 is 0. The van der Waals surface area contributed by atoms with E-state index in [-0.39, 0.29) is 6.04 Å². The van der Waals surface area contributed by atoms with Gasteiger partial charge in [-0.3, -0.25) is 5.32 Å². The number of hydrogen-bond acceptors (Lipinski definition) is 4. The molecule has 1 heterocycles. The van der Waals surface area contributed by atoms with Crippen molar-refractivity contribution in [2.75, 3.05) is 40.3 Å². The molecule has 4 heteroatoms. The highest BCUT2D eigenvalue weighted by atomic mass is 15.1. The Morgan fingerprint density at radius 2 is 1.95 bits per heavy atom. The summed E-state index contributed by atoms with van der Waals surface area (Å²) in [6, 6.07) is 3.10. The summed E-state index contributed by atoms with van der Waals surface area (Å²) in [7, 11) is 4.32. The first-order valence-corrected chi connectivity index (χ1v) is 7.70. The zero-order valence-corrected chi connectivity index (χ0v) is 12.4. The van der Waals surface area contributed by atoms with Gasteiger partial charge in [-0.1, -0.05) is 0 Å². The van der Waals surface area contributed by atoms with Gasteiger partial charge in [0, 0.05) is 19.1 Å². The summed E-state index contributed by atoms with van der Waals surface area (Å²) in [4.78, 5) is 4.83. The predicted molar refractivity (Wildman–Crippen MR) is 77.9 cm³/mol. The molecule has 0 aromatic carbocycles. The Bertz CT molecular complexity index is 298. The van der Waals surface area contributed by atoms with E-state index in [0.717, 1.165) is 18.9 Å². The van der Waals surface area contributed by atoms with Crippen molar-refractivity contribution < 1.29 is 0 Å². The van der Waals surface area contributed by atoms with E-state index in [9.17, 15) is 0 Å². The van der Waals surface area contributed by atoms with E-state index in [1.54, 1.807) is 0 Å².